The molecule has 0 saturated heterocycles. The maximum absolute atomic E-state index is 10.6. The van der Waals surface area contributed by atoms with E-state index in [1.165, 1.54) is 18.2 Å². The zero-order valence-electron chi connectivity index (χ0n) is 6.07. The van der Waals surface area contributed by atoms with Crippen LogP contribution < -0.4 is 14.3 Å². The van der Waals surface area contributed by atoms with Gasteiger partial charge in [0.15, 0.2) is 0 Å². The Hall–Kier alpha value is 0.170. The van der Waals surface area contributed by atoms with Gasteiger partial charge in [-0.3, -0.25) is 0 Å². The van der Waals surface area contributed by atoms with E-state index in [2.05, 4.69) is 16.3 Å². The molecule has 0 bridgehead atoms. The summed E-state index contributed by atoms with van der Waals surface area (Å²) in [4.78, 5) is 21.1. The molecule has 0 N–H and O–H groups in total. The van der Waals surface area contributed by atoms with Crippen molar-refractivity contribution in [2.75, 3.05) is 0 Å². The Morgan fingerprint density at radius 3 is 2.38 bits per heavy atom. The summed E-state index contributed by atoms with van der Waals surface area (Å²) in [5.41, 5.74) is 0. The number of hydrogen-bond acceptors (Lipinski definition) is 4. The molecule has 0 aliphatic carbocycles. The molecule has 1 aromatic carbocycles. The maximum Gasteiger partial charge on any atom is 0.139 e. The normalized spacial score (nSPS) is 11.4. The van der Waals surface area contributed by atoms with Crippen molar-refractivity contribution in [3.63, 3.8) is 0 Å². The number of benzene rings is 1. The van der Waals surface area contributed by atoms with Gasteiger partial charge in [-0.1, -0.05) is 35.0 Å². The van der Waals surface area contributed by atoms with Gasteiger partial charge in [-0.15, -0.1) is 0 Å². The quantitative estimate of drug-likeness (QED) is 0.749. The second-order valence-corrected chi connectivity index (χ2v) is 5.38. The summed E-state index contributed by atoms with van der Waals surface area (Å²) in [6, 6.07) is 4.15. The Morgan fingerprint density at radius 1 is 1.31 bits per heavy atom. The smallest absolute Gasteiger partial charge is 0.139 e. The molecular formula is C6H3Cl2O3PS-2. The van der Waals surface area contributed by atoms with Crippen molar-refractivity contribution < 1.29 is 14.3 Å². The van der Waals surface area contributed by atoms with Crippen molar-refractivity contribution in [3.8, 4) is 5.75 Å². The van der Waals surface area contributed by atoms with Crippen LogP contribution in [0.3, 0.4) is 0 Å². The van der Waals surface area contributed by atoms with Gasteiger partial charge in [-0.05, 0) is 24.9 Å². The van der Waals surface area contributed by atoms with E-state index in [0.717, 1.165) is 0 Å². The first-order valence-electron chi connectivity index (χ1n) is 3.05. The van der Waals surface area contributed by atoms with Crippen LogP contribution in [0.25, 0.3) is 0 Å². The summed E-state index contributed by atoms with van der Waals surface area (Å²) >= 11 is 15.2. The highest BCUT2D eigenvalue weighted by Crippen LogP contribution is 2.35. The van der Waals surface area contributed by atoms with E-state index in [1.807, 2.05) is 0 Å². The molecule has 0 unspecified atom stereocenters. The third-order valence-electron chi connectivity index (χ3n) is 1.10. The molecule has 0 aliphatic heterocycles. The highest BCUT2D eigenvalue weighted by molar-refractivity contribution is 8.05. The Morgan fingerprint density at radius 2 is 1.92 bits per heavy atom. The lowest BCUT2D eigenvalue weighted by Gasteiger charge is -2.34. The summed E-state index contributed by atoms with van der Waals surface area (Å²) in [7, 11) is 0. The largest absolute Gasteiger partial charge is 0.803 e. The van der Waals surface area contributed by atoms with E-state index in [4.69, 9.17) is 23.2 Å². The van der Waals surface area contributed by atoms with Crippen LogP contribution in [0.15, 0.2) is 18.2 Å². The molecule has 1 aromatic rings. The van der Waals surface area contributed by atoms with Gasteiger partial charge >= 0.3 is 0 Å². The molecule has 0 fully saturated rings. The van der Waals surface area contributed by atoms with E-state index >= 15 is 0 Å². The highest BCUT2D eigenvalue weighted by Gasteiger charge is 2.01. The van der Waals surface area contributed by atoms with Crippen molar-refractivity contribution in [1.82, 2.24) is 0 Å². The first-order valence-corrected chi connectivity index (χ1v) is 6.36. The molecule has 1 rings (SSSR count). The van der Waals surface area contributed by atoms with Gasteiger partial charge in [0.2, 0.25) is 0 Å². The Balaban J connectivity index is 2.97. The van der Waals surface area contributed by atoms with Crippen molar-refractivity contribution >= 4 is 41.7 Å². The number of rotatable bonds is 2. The lowest BCUT2D eigenvalue weighted by Crippen LogP contribution is -2.18. The third kappa shape index (κ3) is 3.81. The number of hydrogen-bond donors (Lipinski definition) is 0. The average molecular weight is 257 g/mol. The van der Waals surface area contributed by atoms with Crippen LogP contribution >= 0.6 is 29.9 Å². The Bertz CT molecular complexity index is 365. The van der Waals surface area contributed by atoms with Gasteiger partial charge < -0.3 is 14.3 Å². The van der Waals surface area contributed by atoms with Crippen LogP contribution in [-0.4, -0.2) is 0 Å². The van der Waals surface area contributed by atoms with Gasteiger partial charge in [0.05, 0.1) is 5.02 Å². The van der Waals surface area contributed by atoms with Gasteiger partial charge in [0, 0.05) is 5.02 Å². The van der Waals surface area contributed by atoms with Crippen molar-refractivity contribution in [2.45, 2.75) is 0 Å². The van der Waals surface area contributed by atoms with Crippen LogP contribution in [0.4, 0.5) is 0 Å². The van der Waals surface area contributed by atoms with Crippen LogP contribution in [0.1, 0.15) is 0 Å². The molecule has 7 heteroatoms. The van der Waals surface area contributed by atoms with E-state index in [1.54, 1.807) is 0 Å². The van der Waals surface area contributed by atoms with Gasteiger partial charge in [0.1, 0.15) is 5.75 Å². The second kappa shape index (κ2) is 4.13. The van der Waals surface area contributed by atoms with Gasteiger partial charge in [-0.2, -0.15) is 0 Å². The van der Waals surface area contributed by atoms with Crippen LogP contribution in [0.5, 0.6) is 5.75 Å². The summed E-state index contributed by atoms with van der Waals surface area (Å²) < 4.78 is 4.41. The molecule has 72 valence electrons. The SMILES string of the molecule is [O-]P([O-])(=S)Oc1ccc(Cl)cc1Cl. The molecule has 0 amide bonds. The molecule has 0 spiro atoms. The zero-order valence-corrected chi connectivity index (χ0v) is 9.29. The Kier molecular flexibility index (Phi) is 3.57. The fraction of sp³-hybridized carbons (Fsp3) is 0. The highest BCUT2D eigenvalue weighted by atomic mass is 35.5. The van der Waals surface area contributed by atoms with E-state index in [9.17, 15) is 9.79 Å². The maximum atomic E-state index is 10.6. The zero-order chi connectivity index (χ0) is 10.1. The fourth-order valence-corrected chi connectivity index (χ4v) is 1.81. The van der Waals surface area contributed by atoms with Crippen molar-refractivity contribution in [1.29, 1.82) is 0 Å². The van der Waals surface area contributed by atoms with Crippen LogP contribution in [0.2, 0.25) is 10.0 Å². The molecule has 0 aliphatic rings. The second-order valence-electron chi connectivity index (χ2n) is 2.11. The summed E-state index contributed by atoms with van der Waals surface area (Å²) in [5.74, 6) is -0.0144. The van der Waals surface area contributed by atoms with E-state index in [0.29, 0.717) is 5.02 Å². The summed E-state index contributed by atoms with van der Waals surface area (Å²) in [6.45, 7) is -4.22. The topological polar surface area (TPSA) is 55.3 Å². The lowest BCUT2D eigenvalue weighted by atomic mass is 10.3. The minimum absolute atomic E-state index is 0.0144. The predicted molar refractivity (Wildman–Crippen MR) is 51.4 cm³/mol. The molecular weight excluding hydrogens is 254 g/mol. The third-order valence-corrected chi connectivity index (χ3v) is 2.28. The molecule has 3 nitrogen and oxygen atoms in total. The first-order chi connectivity index (χ1) is 5.88. The molecule has 0 radical (unpaired) electrons. The summed E-state index contributed by atoms with van der Waals surface area (Å²) in [6.07, 6.45) is 0. The van der Waals surface area contributed by atoms with Crippen LogP contribution in [0, 0.1) is 0 Å². The van der Waals surface area contributed by atoms with Crippen molar-refractivity contribution in [3.05, 3.63) is 28.2 Å². The molecule has 0 aromatic heterocycles. The molecule has 0 heterocycles. The van der Waals surface area contributed by atoms with E-state index in [-0.39, 0.29) is 10.8 Å². The minimum atomic E-state index is -4.22. The predicted octanol–water partition coefficient (Wildman–Crippen LogP) is 1.32. The van der Waals surface area contributed by atoms with E-state index < -0.39 is 6.72 Å². The fourth-order valence-electron chi connectivity index (χ4n) is 0.670. The van der Waals surface area contributed by atoms with Crippen LogP contribution in [-0.2, 0) is 11.8 Å². The molecule has 0 atom stereocenters. The average Bonchev–Trinajstić information content (AvgIpc) is 1.93. The molecule has 0 saturated carbocycles. The molecule has 13 heavy (non-hydrogen) atoms. The van der Waals surface area contributed by atoms with Gasteiger partial charge in [-0.25, -0.2) is 0 Å². The standard InChI is InChI=1S/C6H5Cl2O3PS/c7-4-1-2-6(5(8)3-4)11-12(9,10)13/h1-3H,(H2,9,10,13)/p-2. The lowest BCUT2D eigenvalue weighted by molar-refractivity contribution is -0.313. The Labute approximate surface area is 90.1 Å². The van der Waals surface area contributed by atoms with Crippen molar-refractivity contribution in [2.24, 2.45) is 0 Å². The minimum Gasteiger partial charge on any atom is -0.803 e. The van der Waals surface area contributed by atoms with Gasteiger partial charge in [0.25, 0.3) is 0 Å². The number of halogens is 2. The monoisotopic (exact) mass is 256 g/mol. The first kappa shape index (κ1) is 11.2. The summed E-state index contributed by atoms with van der Waals surface area (Å²) in [5, 5.41) is 0.496.